The molecular formula is C35H50FN5O2S2. The molecule has 0 spiro atoms. The summed E-state index contributed by atoms with van der Waals surface area (Å²) in [6.45, 7) is 18.7. The van der Waals surface area contributed by atoms with Gasteiger partial charge in [-0.1, -0.05) is 68.7 Å². The molecule has 0 unspecified atom stereocenters. The Kier molecular flexibility index (Phi) is 20.0. The molecule has 0 aliphatic carbocycles. The van der Waals surface area contributed by atoms with E-state index in [9.17, 15) is 4.39 Å². The minimum Gasteiger partial charge on any atom is -0.494 e. The second kappa shape index (κ2) is 22.8. The average molecular weight is 656 g/mol. The summed E-state index contributed by atoms with van der Waals surface area (Å²) in [5, 5.41) is 13.9. The van der Waals surface area contributed by atoms with Gasteiger partial charge in [0.1, 0.15) is 11.5 Å². The van der Waals surface area contributed by atoms with Crippen molar-refractivity contribution in [3.63, 3.8) is 0 Å². The van der Waals surface area contributed by atoms with Crippen LogP contribution in [0, 0.1) is 5.41 Å². The van der Waals surface area contributed by atoms with Crippen molar-refractivity contribution in [2.45, 2.75) is 47.5 Å². The molecule has 3 N–H and O–H groups in total. The maximum Gasteiger partial charge on any atom is 0.195 e. The average Bonchev–Trinajstić information content (AvgIpc) is 3.60. The van der Waals surface area contributed by atoms with Gasteiger partial charge in [-0.3, -0.25) is 14.2 Å². The van der Waals surface area contributed by atoms with Gasteiger partial charge in [0.15, 0.2) is 4.96 Å². The first-order valence-corrected chi connectivity index (χ1v) is 16.8. The van der Waals surface area contributed by atoms with E-state index in [0.717, 1.165) is 55.7 Å². The van der Waals surface area contributed by atoms with Crippen molar-refractivity contribution in [2.24, 2.45) is 0 Å². The van der Waals surface area contributed by atoms with Crippen molar-refractivity contribution in [1.29, 1.82) is 5.41 Å². The van der Waals surface area contributed by atoms with Crippen molar-refractivity contribution >= 4 is 49.0 Å². The first-order chi connectivity index (χ1) is 21.8. The number of hydrogen-bond acceptors (Lipinski definition) is 8. The molecule has 0 amide bonds. The number of halogens is 1. The molecule has 2 aromatic heterocycles. The van der Waals surface area contributed by atoms with Gasteiger partial charge in [-0.2, -0.15) is 0 Å². The quantitative estimate of drug-likeness (QED) is 0.0332. The number of hydrogen-bond donors (Lipinski definition) is 3. The van der Waals surface area contributed by atoms with Gasteiger partial charge < -0.3 is 20.1 Å². The third kappa shape index (κ3) is 14.4. The number of imidazole rings is 1. The van der Waals surface area contributed by atoms with E-state index in [1.807, 2.05) is 77.4 Å². The lowest BCUT2D eigenvalue weighted by Gasteiger charge is -2.04. The number of thioether (sulfide) groups is 1. The molecule has 0 fully saturated rings. The zero-order chi connectivity index (χ0) is 33.6. The summed E-state index contributed by atoms with van der Waals surface area (Å²) in [5.74, 6) is 1.45. The van der Waals surface area contributed by atoms with Crippen LogP contribution in [0.4, 0.5) is 10.1 Å². The molecule has 0 saturated carbocycles. The fraction of sp³-hybridized carbons (Fsp3) is 0.371. The minimum atomic E-state index is -0.354. The van der Waals surface area contributed by atoms with Gasteiger partial charge in [0.2, 0.25) is 0 Å². The summed E-state index contributed by atoms with van der Waals surface area (Å²) in [6, 6.07) is 14.2. The molecule has 0 bridgehead atoms. The highest BCUT2D eigenvalue weighted by atomic mass is 32.2. The molecule has 246 valence electrons. The Morgan fingerprint density at radius 1 is 1.13 bits per heavy atom. The number of aromatic nitrogens is 2. The van der Waals surface area contributed by atoms with E-state index in [1.165, 1.54) is 11.8 Å². The summed E-state index contributed by atoms with van der Waals surface area (Å²) in [7, 11) is 3.80. The van der Waals surface area contributed by atoms with Crippen molar-refractivity contribution < 1.29 is 13.9 Å². The van der Waals surface area contributed by atoms with Crippen LogP contribution in [0.2, 0.25) is 0 Å². The van der Waals surface area contributed by atoms with E-state index < -0.39 is 0 Å². The monoisotopic (exact) mass is 655 g/mol. The van der Waals surface area contributed by atoms with E-state index >= 15 is 0 Å². The number of nitrogens with zero attached hydrogens (tertiary/aromatic N) is 2. The minimum absolute atomic E-state index is 0.354. The molecule has 0 aliphatic rings. The molecule has 0 radical (unpaired) electrons. The first-order valence-electron chi connectivity index (χ1n) is 15.1. The van der Waals surface area contributed by atoms with E-state index in [4.69, 9.17) is 19.9 Å². The first kappa shape index (κ1) is 39.4. The van der Waals surface area contributed by atoms with E-state index in [0.29, 0.717) is 30.4 Å². The lowest BCUT2D eigenvalue weighted by molar-refractivity contribution is 0.226. The summed E-state index contributed by atoms with van der Waals surface area (Å²) in [6.07, 6.45) is 7.15. The molecule has 2 heterocycles. The van der Waals surface area contributed by atoms with Crippen LogP contribution >= 0.6 is 23.1 Å². The summed E-state index contributed by atoms with van der Waals surface area (Å²) < 4.78 is 26.2. The number of fused-ring (bicyclic) bond motifs is 3. The predicted octanol–water partition coefficient (Wildman–Crippen LogP) is 9.97. The van der Waals surface area contributed by atoms with Crippen molar-refractivity contribution in [3.8, 4) is 17.0 Å². The third-order valence-electron chi connectivity index (χ3n) is 5.60. The maximum absolute atomic E-state index is 12.2. The number of thiazole rings is 1. The molecular weight excluding hydrogens is 606 g/mol. The summed E-state index contributed by atoms with van der Waals surface area (Å²) in [4.78, 5) is 6.73. The Hall–Kier alpha value is -3.60. The van der Waals surface area contributed by atoms with Crippen molar-refractivity contribution in [1.82, 2.24) is 14.7 Å². The number of allylic oxidation sites excluding steroid dienone is 2. The van der Waals surface area contributed by atoms with Gasteiger partial charge in [0.05, 0.1) is 40.8 Å². The van der Waals surface area contributed by atoms with Crippen molar-refractivity contribution in [2.75, 3.05) is 45.8 Å². The SMILES string of the molecule is C=C(/C=C(\C)SC(C)=N)OCCC.C=CCNC.CC.CNc1ccc(-c2cn3c(n2)sc2cc(OCCCF)ccc23)cc1. The molecule has 7 nitrogen and oxygen atoms in total. The Labute approximate surface area is 277 Å². The Morgan fingerprint density at radius 2 is 1.84 bits per heavy atom. The fourth-order valence-electron chi connectivity index (χ4n) is 3.68. The van der Waals surface area contributed by atoms with Gasteiger partial charge >= 0.3 is 0 Å². The van der Waals surface area contributed by atoms with Gasteiger partial charge in [0, 0.05) is 37.5 Å². The van der Waals surface area contributed by atoms with Gasteiger partial charge in [-0.15, -0.1) is 6.58 Å². The molecule has 2 aromatic carbocycles. The zero-order valence-corrected chi connectivity index (χ0v) is 29.5. The Balaban J connectivity index is 0.000000427. The number of benzene rings is 2. The molecule has 10 heteroatoms. The maximum atomic E-state index is 12.2. The molecule has 4 aromatic rings. The zero-order valence-electron chi connectivity index (χ0n) is 27.8. The van der Waals surface area contributed by atoms with Crippen LogP contribution in [0.1, 0.15) is 47.5 Å². The van der Waals surface area contributed by atoms with E-state index in [1.54, 1.807) is 18.3 Å². The van der Waals surface area contributed by atoms with Crippen LogP contribution < -0.4 is 15.4 Å². The van der Waals surface area contributed by atoms with Gasteiger partial charge in [0.25, 0.3) is 0 Å². The normalized spacial score (nSPS) is 10.4. The van der Waals surface area contributed by atoms with Crippen LogP contribution in [0.3, 0.4) is 0 Å². The standard InChI is InChI=1S/C19H18FN3OS.C10H17NOS.C4H9N.C2H6/c1-21-14-5-3-13(4-6-14)16-12-23-17-8-7-15(24-10-2-9-20)11-18(17)25-19(23)22-16;1-5-6-12-8(2)7-9(3)13-10(4)11;1-3-4-5-2;1-2/h3-8,11-12,21H,2,9-10H2,1H3;7,11H,2,5-6H2,1,3-4H3;3,5H,1,4H2,2H3;1-2H3/b;9-7+,11-10?;;. The summed E-state index contributed by atoms with van der Waals surface area (Å²) >= 11 is 3.04. The molecule has 0 saturated heterocycles. The fourth-order valence-corrected chi connectivity index (χ4v) is 5.39. The van der Waals surface area contributed by atoms with Crippen LogP contribution in [0.15, 0.2) is 84.6 Å². The third-order valence-corrected chi connectivity index (χ3v) is 7.36. The highest BCUT2D eigenvalue weighted by Gasteiger charge is 2.11. The number of nitrogens with one attached hydrogen (secondary N) is 3. The number of likely N-dealkylation sites (N-methyl/N-ethyl adjacent to an activating group) is 1. The smallest absolute Gasteiger partial charge is 0.195 e. The highest BCUT2D eigenvalue weighted by Crippen LogP contribution is 2.32. The Morgan fingerprint density at radius 3 is 2.40 bits per heavy atom. The molecule has 0 atom stereocenters. The number of anilines is 1. The molecule has 45 heavy (non-hydrogen) atoms. The lowest BCUT2D eigenvalue weighted by Crippen LogP contribution is -2.02. The van der Waals surface area contributed by atoms with E-state index in [-0.39, 0.29) is 6.67 Å². The van der Waals surface area contributed by atoms with Gasteiger partial charge in [-0.05, 0) is 68.6 Å². The lowest BCUT2D eigenvalue weighted by atomic mass is 10.1. The van der Waals surface area contributed by atoms with Crippen LogP contribution in [0.25, 0.3) is 26.4 Å². The second-order valence-corrected chi connectivity index (χ2v) is 11.8. The summed E-state index contributed by atoms with van der Waals surface area (Å²) in [5.41, 5.74) is 4.23. The van der Waals surface area contributed by atoms with Crippen LogP contribution in [-0.4, -0.2) is 55.0 Å². The highest BCUT2D eigenvalue weighted by molar-refractivity contribution is 8.17. The van der Waals surface area contributed by atoms with Crippen molar-refractivity contribution in [3.05, 3.63) is 84.6 Å². The predicted molar refractivity (Wildman–Crippen MR) is 197 cm³/mol. The molecule has 0 aliphatic heterocycles. The van der Waals surface area contributed by atoms with Gasteiger partial charge in [-0.25, -0.2) is 4.98 Å². The van der Waals surface area contributed by atoms with Crippen LogP contribution in [0.5, 0.6) is 5.75 Å². The van der Waals surface area contributed by atoms with E-state index in [2.05, 4.69) is 53.4 Å². The number of alkyl halides is 1. The topological polar surface area (TPSA) is 83.7 Å². The number of rotatable bonds is 13. The largest absolute Gasteiger partial charge is 0.494 e. The second-order valence-electron chi connectivity index (χ2n) is 9.30. The Bertz CT molecular complexity index is 1480. The molecule has 4 rings (SSSR count). The van der Waals surface area contributed by atoms with Crippen LogP contribution in [-0.2, 0) is 4.74 Å². The number of ether oxygens (including phenoxy) is 2.